The summed E-state index contributed by atoms with van der Waals surface area (Å²) in [5.74, 6) is 0.417. The average molecular weight is 564 g/mol. The van der Waals surface area contributed by atoms with Gasteiger partial charge < -0.3 is 24.1 Å². The van der Waals surface area contributed by atoms with Crippen molar-refractivity contribution in [3.05, 3.63) is 23.8 Å². The van der Waals surface area contributed by atoms with E-state index in [4.69, 9.17) is 18.9 Å². The Kier molecular flexibility index (Phi) is 11.7. The SMILES string of the molecule is CCCOc1cc(C[C@@H](C[C@H]2[C@H](C[C@H](C(=O)O)C(C)C)OC(C)(C)N2C(=O)OC(C)(C)C)C(C)C)ccc1OC. The molecule has 4 atom stereocenters. The lowest BCUT2D eigenvalue weighted by Crippen LogP contribution is -2.51. The van der Waals surface area contributed by atoms with Crippen LogP contribution >= 0.6 is 0 Å². The zero-order chi connectivity index (χ0) is 30.4. The maximum Gasteiger partial charge on any atom is 0.412 e. The Morgan fingerprint density at radius 3 is 2.23 bits per heavy atom. The molecule has 0 unspecified atom stereocenters. The monoisotopic (exact) mass is 563 g/mol. The summed E-state index contributed by atoms with van der Waals surface area (Å²) in [6, 6.07) is 5.70. The van der Waals surface area contributed by atoms with Gasteiger partial charge in [-0.25, -0.2) is 4.79 Å². The Labute approximate surface area is 241 Å². The quantitative estimate of drug-likeness (QED) is 0.272. The van der Waals surface area contributed by atoms with Crippen LogP contribution in [-0.4, -0.2) is 59.3 Å². The lowest BCUT2D eigenvalue weighted by molar-refractivity contribution is -0.146. The van der Waals surface area contributed by atoms with Crippen LogP contribution in [0.3, 0.4) is 0 Å². The molecule has 1 aromatic rings. The molecule has 0 aromatic heterocycles. The second-order valence-corrected chi connectivity index (χ2v) is 13.2. The normalized spacial score (nSPS) is 20.5. The van der Waals surface area contributed by atoms with Gasteiger partial charge in [-0.3, -0.25) is 9.69 Å². The minimum absolute atomic E-state index is 0.0674. The molecule has 1 aromatic carbocycles. The van der Waals surface area contributed by atoms with E-state index < -0.39 is 35.4 Å². The van der Waals surface area contributed by atoms with Gasteiger partial charge in [-0.05, 0) is 95.8 Å². The number of amides is 1. The molecule has 1 heterocycles. The van der Waals surface area contributed by atoms with Crippen molar-refractivity contribution in [1.82, 2.24) is 4.90 Å². The molecule has 1 aliphatic rings. The highest BCUT2D eigenvalue weighted by Crippen LogP contribution is 2.41. The van der Waals surface area contributed by atoms with Crippen LogP contribution in [0.5, 0.6) is 11.5 Å². The standard InChI is InChI=1S/C32H53NO7/c1-12-15-38-28-17-22(13-14-26(28)37-11)16-23(20(2)3)18-25-27(19-24(21(4)5)29(34)35)39-32(9,10)33(25)30(36)40-31(6,7)8/h13-14,17,20-21,23-25,27H,12,15-16,18-19H2,1-11H3,(H,34,35)/t23-,24-,25-,27-/m0/s1. The third-order valence-electron chi connectivity index (χ3n) is 7.65. The number of carboxylic acid groups (broad SMARTS) is 1. The number of carbonyl (C=O) groups is 2. The summed E-state index contributed by atoms with van der Waals surface area (Å²) < 4.78 is 23.8. The number of hydrogen-bond acceptors (Lipinski definition) is 6. The van der Waals surface area contributed by atoms with Crippen molar-refractivity contribution in [2.24, 2.45) is 23.7 Å². The summed E-state index contributed by atoms with van der Waals surface area (Å²) in [5, 5.41) is 9.96. The van der Waals surface area contributed by atoms with E-state index in [0.29, 0.717) is 31.1 Å². The summed E-state index contributed by atoms with van der Waals surface area (Å²) in [6.45, 7) is 20.1. The van der Waals surface area contributed by atoms with Gasteiger partial charge in [0.1, 0.15) is 11.3 Å². The Morgan fingerprint density at radius 2 is 1.73 bits per heavy atom. The Bertz CT molecular complexity index is 982. The second kappa shape index (κ2) is 13.9. The van der Waals surface area contributed by atoms with E-state index in [-0.39, 0.29) is 17.9 Å². The molecule has 1 fully saturated rings. The first kappa shape index (κ1) is 33.7. The number of carbonyl (C=O) groups excluding carboxylic acids is 1. The van der Waals surface area contributed by atoms with Crippen molar-refractivity contribution in [3.63, 3.8) is 0 Å². The molecular weight excluding hydrogens is 510 g/mol. The fourth-order valence-corrected chi connectivity index (χ4v) is 5.49. The number of ether oxygens (including phenoxy) is 4. The van der Waals surface area contributed by atoms with Gasteiger partial charge in [0.2, 0.25) is 0 Å². The summed E-state index contributed by atoms with van der Waals surface area (Å²) >= 11 is 0. The number of nitrogens with zero attached hydrogens (tertiary/aromatic N) is 1. The first-order chi connectivity index (χ1) is 18.5. The van der Waals surface area contributed by atoms with Crippen LogP contribution in [0.4, 0.5) is 4.79 Å². The molecule has 0 saturated carbocycles. The van der Waals surface area contributed by atoms with Gasteiger partial charge in [-0.15, -0.1) is 0 Å². The lowest BCUT2D eigenvalue weighted by Gasteiger charge is -2.37. The molecule has 0 aliphatic carbocycles. The maximum absolute atomic E-state index is 13.6. The molecule has 0 bridgehead atoms. The lowest BCUT2D eigenvalue weighted by atomic mass is 9.80. The van der Waals surface area contributed by atoms with Crippen molar-refractivity contribution < 1.29 is 33.6 Å². The van der Waals surface area contributed by atoms with Crippen LogP contribution in [0.1, 0.15) is 94.1 Å². The third kappa shape index (κ3) is 9.02. The number of benzene rings is 1. The molecule has 228 valence electrons. The topological polar surface area (TPSA) is 94.5 Å². The fourth-order valence-electron chi connectivity index (χ4n) is 5.49. The molecule has 1 N–H and O–H groups in total. The van der Waals surface area contributed by atoms with Crippen LogP contribution in [-0.2, 0) is 20.7 Å². The van der Waals surface area contributed by atoms with Crippen LogP contribution in [0.2, 0.25) is 0 Å². The summed E-state index contributed by atoms with van der Waals surface area (Å²) in [7, 11) is 1.64. The van der Waals surface area contributed by atoms with Gasteiger partial charge in [-0.1, -0.05) is 40.7 Å². The van der Waals surface area contributed by atoms with Crippen molar-refractivity contribution in [1.29, 1.82) is 0 Å². The van der Waals surface area contributed by atoms with E-state index in [2.05, 4.69) is 26.8 Å². The van der Waals surface area contributed by atoms with Crippen molar-refractivity contribution in [2.45, 2.75) is 118 Å². The van der Waals surface area contributed by atoms with Gasteiger partial charge in [-0.2, -0.15) is 0 Å². The average Bonchev–Trinajstić information content (AvgIpc) is 3.08. The molecule has 8 heteroatoms. The first-order valence-electron chi connectivity index (χ1n) is 14.7. The second-order valence-electron chi connectivity index (χ2n) is 13.2. The Balaban J connectivity index is 2.46. The van der Waals surface area contributed by atoms with E-state index in [1.807, 2.05) is 60.6 Å². The van der Waals surface area contributed by atoms with E-state index in [9.17, 15) is 14.7 Å². The molecule has 40 heavy (non-hydrogen) atoms. The smallest absolute Gasteiger partial charge is 0.412 e. The summed E-state index contributed by atoms with van der Waals surface area (Å²) in [4.78, 5) is 27.4. The van der Waals surface area contributed by atoms with Gasteiger partial charge in [0, 0.05) is 0 Å². The van der Waals surface area contributed by atoms with Crippen LogP contribution in [0.25, 0.3) is 0 Å². The minimum Gasteiger partial charge on any atom is -0.493 e. The van der Waals surface area contributed by atoms with E-state index in [1.54, 1.807) is 12.0 Å². The molecule has 2 rings (SSSR count). The Morgan fingerprint density at radius 1 is 1.07 bits per heavy atom. The molecule has 1 saturated heterocycles. The van der Waals surface area contributed by atoms with Crippen molar-refractivity contribution in [3.8, 4) is 11.5 Å². The largest absolute Gasteiger partial charge is 0.493 e. The zero-order valence-electron chi connectivity index (χ0n) is 26.6. The number of methoxy groups -OCH3 is 1. The van der Waals surface area contributed by atoms with E-state index in [0.717, 1.165) is 24.2 Å². The van der Waals surface area contributed by atoms with E-state index >= 15 is 0 Å². The zero-order valence-corrected chi connectivity index (χ0v) is 26.6. The van der Waals surface area contributed by atoms with Crippen LogP contribution in [0.15, 0.2) is 18.2 Å². The van der Waals surface area contributed by atoms with Crippen LogP contribution < -0.4 is 9.47 Å². The minimum atomic E-state index is -0.944. The number of hydrogen-bond donors (Lipinski definition) is 1. The third-order valence-corrected chi connectivity index (χ3v) is 7.65. The summed E-state index contributed by atoms with van der Waals surface area (Å²) in [6.07, 6.45) is 1.75. The molecule has 0 spiro atoms. The van der Waals surface area contributed by atoms with Gasteiger partial charge in [0.05, 0.1) is 31.8 Å². The fraction of sp³-hybridized carbons (Fsp3) is 0.750. The Hall–Kier alpha value is -2.48. The van der Waals surface area contributed by atoms with Gasteiger partial charge in [0.15, 0.2) is 11.5 Å². The number of aliphatic carboxylic acids is 1. The molecule has 0 radical (unpaired) electrons. The van der Waals surface area contributed by atoms with Crippen molar-refractivity contribution >= 4 is 12.1 Å². The highest BCUT2D eigenvalue weighted by atomic mass is 16.6. The van der Waals surface area contributed by atoms with E-state index in [1.165, 1.54) is 0 Å². The highest BCUT2D eigenvalue weighted by molar-refractivity contribution is 5.71. The van der Waals surface area contributed by atoms with Gasteiger partial charge >= 0.3 is 12.1 Å². The predicted octanol–water partition coefficient (Wildman–Crippen LogP) is 7.18. The molecule has 1 aliphatic heterocycles. The van der Waals surface area contributed by atoms with Gasteiger partial charge in [0.25, 0.3) is 0 Å². The number of carboxylic acids is 1. The maximum atomic E-state index is 13.6. The molecular formula is C32H53NO7. The predicted molar refractivity (Wildman–Crippen MR) is 157 cm³/mol. The summed E-state index contributed by atoms with van der Waals surface area (Å²) in [5.41, 5.74) is -0.498. The first-order valence-corrected chi connectivity index (χ1v) is 14.7. The number of rotatable bonds is 13. The van der Waals surface area contributed by atoms with Crippen LogP contribution in [0, 0.1) is 23.7 Å². The highest BCUT2D eigenvalue weighted by Gasteiger charge is 2.52. The van der Waals surface area contributed by atoms with Crippen molar-refractivity contribution in [2.75, 3.05) is 13.7 Å². The molecule has 1 amide bonds. The molecule has 8 nitrogen and oxygen atoms in total.